The molecule has 0 amide bonds. The Hall–Kier alpha value is -2.04. The van der Waals surface area contributed by atoms with Crippen LogP contribution in [0.15, 0.2) is 18.2 Å². The predicted molar refractivity (Wildman–Crippen MR) is 139 cm³/mol. The van der Waals surface area contributed by atoms with Crippen molar-refractivity contribution in [3.05, 3.63) is 29.3 Å². The van der Waals surface area contributed by atoms with Crippen LogP contribution in [0.3, 0.4) is 0 Å². The average Bonchev–Trinajstić information content (AvgIpc) is 3.54. The highest BCUT2D eigenvalue weighted by Crippen LogP contribution is 2.48. The van der Waals surface area contributed by atoms with E-state index < -0.39 is 5.97 Å². The molecule has 0 bridgehead atoms. The molecular weight excluding hydrogens is 440 g/mol. The zero-order chi connectivity index (χ0) is 25.0. The summed E-state index contributed by atoms with van der Waals surface area (Å²) < 4.78 is 10.5. The number of carbonyl (C=O) groups excluding carboxylic acids is 1. The van der Waals surface area contributed by atoms with Crippen LogP contribution in [0.25, 0.3) is 0 Å². The van der Waals surface area contributed by atoms with Crippen molar-refractivity contribution in [1.82, 2.24) is 0 Å². The van der Waals surface area contributed by atoms with Crippen LogP contribution in [-0.4, -0.2) is 30.8 Å². The lowest BCUT2D eigenvalue weighted by Gasteiger charge is -2.32. The highest BCUT2D eigenvalue weighted by atomic mass is 16.6. The van der Waals surface area contributed by atoms with Crippen molar-refractivity contribution < 1.29 is 24.2 Å². The van der Waals surface area contributed by atoms with Crippen molar-refractivity contribution >= 4 is 11.9 Å². The van der Waals surface area contributed by atoms with Crippen LogP contribution in [0.2, 0.25) is 0 Å². The second-order valence-corrected chi connectivity index (χ2v) is 10.8. The molecular formula is C30H46O5. The maximum Gasteiger partial charge on any atom is 0.343 e. The predicted octanol–water partition coefficient (Wildman–Crippen LogP) is 6.99. The Morgan fingerprint density at radius 2 is 1.71 bits per heavy atom. The number of benzene rings is 1. The molecule has 1 N–H and O–H groups in total. The van der Waals surface area contributed by atoms with E-state index >= 15 is 0 Å². The van der Waals surface area contributed by atoms with E-state index in [1.807, 2.05) is 6.07 Å². The standard InChI is InChI=1S/C24H36O3.C6H10O2/c1-3-4-5-6-7-8-10-18-13-14-20-16-22-19(15-21(18)20)11-9-12-23(22)27-17-24(25)26-2;7-6(8)5-3-1-2-4-5/h9,11-12,18,20-21H,3-8,10,13-17H2,1-2H3;5H,1-4H2,(H,7,8). The molecule has 0 radical (unpaired) electrons. The van der Waals surface area contributed by atoms with Gasteiger partial charge in [0.2, 0.25) is 0 Å². The third-order valence-corrected chi connectivity index (χ3v) is 8.48. The van der Waals surface area contributed by atoms with E-state index in [0.717, 1.165) is 55.6 Å². The van der Waals surface area contributed by atoms with Crippen molar-refractivity contribution in [2.24, 2.45) is 23.7 Å². The SMILES string of the molecule is CCCCCCCCC1CCC2Cc3c(cccc3OCC(=O)OC)CC12.O=C(O)C1CCCC1. The molecule has 0 heterocycles. The maximum absolute atomic E-state index is 11.4. The number of aliphatic carboxylic acids is 1. The molecule has 0 aliphatic heterocycles. The molecule has 2 fully saturated rings. The number of carboxylic acid groups (broad SMARTS) is 1. The first-order valence-corrected chi connectivity index (χ1v) is 14.1. The van der Waals surface area contributed by atoms with E-state index in [2.05, 4.69) is 19.1 Å². The van der Waals surface area contributed by atoms with Gasteiger partial charge in [0, 0.05) is 0 Å². The normalized spacial score (nSPS) is 23.1. The topological polar surface area (TPSA) is 72.8 Å². The molecule has 0 spiro atoms. The second kappa shape index (κ2) is 14.5. The van der Waals surface area contributed by atoms with Gasteiger partial charge in [0.1, 0.15) is 5.75 Å². The molecule has 5 heteroatoms. The number of methoxy groups -OCH3 is 1. The molecule has 196 valence electrons. The summed E-state index contributed by atoms with van der Waals surface area (Å²) in [7, 11) is 1.40. The maximum atomic E-state index is 11.4. The molecule has 0 aromatic heterocycles. The summed E-state index contributed by atoms with van der Waals surface area (Å²) in [6.07, 6.45) is 18.9. The van der Waals surface area contributed by atoms with Crippen molar-refractivity contribution in [1.29, 1.82) is 0 Å². The van der Waals surface area contributed by atoms with E-state index in [-0.39, 0.29) is 18.5 Å². The zero-order valence-corrected chi connectivity index (χ0v) is 21.9. The van der Waals surface area contributed by atoms with Crippen LogP contribution in [0, 0.1) is 23.7 Å². The third-order valence-electron chi connectivity index (χ3n) is 8.48. The van der Waals surface area contributed by atoms with Crippen molar-refractivity contribution in [3.8, 4) is 5.75 Å². The van der Waals surface area contributed by atoms with Gasteiger partial charge in [-0.2, -0.15) is 0 Å². The molecule has 3 aliphatic rings. The zero-order valence-electron chi connectivity index (χ0n) is 21.9. The summed E-state index contributed by atoms with van der Waals surface area (Å²) in [6, 6.07) is 6.34. The lowest BCUT2D eigenvalue weighted by Crippen LogP contribution is -2.26. The number of unbranched alkanes of at least 4 members (excludes halogenated alkanes) is 5. The van der Waals surface area contributed by atoms with Crippen molar-refractivity contribution in [2.45, 2.75) is 103 Å². The number of fused-ring (bicyclic) bond motifs is 2. The van der Waals surface area contributed by atoms with Crippen molar-refractivity contribution in [3.63, 3.8) is 0 Å². The van der Waals surface area contributed by atoms with Gasteiger partial charge in [-0.15, -0.1) is 0 Å². The lowest BCUT2D eigenvalue weighted by atomic mass is 9.73. The molecule has 3 unspecified atom stereocenters. The van der Waals surface area contributed by atoms with Gasteiger partial charge in [-0.1, -0.05) is 76.8 Å². The number of hydrogen-bond donors (Lipinski definition) is 1. The van der Waals surface area contributed by atoms with Crippen molar-refractivity contribution in [2.75, 3.05) is 13.7 Å². The highest BCUT2D eigenvalue weighted by molar-refractivity contribution is 5.71. The van der Waals surface area contributed by atoms with Crippen LogP contribution >= 0.6 is 0 Å². The van der Waals surface area contributed by atoms with Gasteiger partial charge in [-0.25, -0.2) is 4.79 Å². The molecule has 5 nitrogen and oxygen atoms in total. The van der Waals surface area contributed by atoms with Gasteiger partial charge < -0.3 is 14.6 Å². The first-order valence-electron chi connectivity index (χ1n) is 14.1. The quantitative estimate of drug-likeness (QED) is 0.269. The van der Waals surface area contributed by atoms with Crippen LogP contribution in [0.4, 0.5) is 0 Å². The number of rotatable bonds is 11. The highest BCUT2D eigenvalue weighted by Gasteiger charge is 2.39. The summed E-state index contributed by atoms with van der Waals surface area (Å²) in [4.78, 5) is 21.6. The number of ether oxygens (including phenoxy) is 2. The third kappa shape index (κ3) is 8.25. The molecule has 1 aromatic carbocycles. The van der Waals surface area contributed by atoms with Gasteiger partial charge in [0.05, 0.1) is 13.0 Å². The van der Waals surface area contributed by atoms with E-state index in [1.165, 1.54) is 82.4 Å². The summed E-state index contributed by atoms with van der Waals surface area (Å²) in [5, 5.41) is 8.41. The number of carbonyl (C=O) groups is 2. The van der Waals surface area contributed by atoms with Gasteiger partial charge in [0.25, 0.3) is 0 Å². The summed E-state index contributed by atoms with van der Waals surface area (Å²) in [6.45, 7) is 2.28. The summed E-state index contributed by atoms with van der Waals surface area (Å²) >= 11 is 0. The van der Waals surface area contributed by atoms with Gasteiger partial charge in [0.15, 0.2) is 6.61 Å². The van der Waals surface area contributed by atoms with Gasteiger partial charge >= 0.3 is 11.9 Å². The molecule has 3 aliphatic carbocycles. The summed E-state index contributed by atoms with van der Waals surface area (Å²) in [5.41, 5.74) is 2.77. The van der Waals surface area contributed by atoms with Gasteiger partial charge in [-0.05, 0) is 73.5 Å². The largest absolute Gasteiger partial charge is 0.482 e. The van der Waals surface area contributed by atoms with Gasteiger partial charge in [-0.3, -0.25) is 4.79 Å². The average molecular weight is 487 g/mol. The minimum absolute atomic E-state index is 0.00169. The Bertz CT molecular complexity index is 798. The fourth-order valence-corrected chi connectivity index (χ4v) is 6.43. The van der Waals surface area contributed by atoms with E-state index in [0.29, 0.717) is 0 Å². The first kappa shape index (κ1) is 27.5. The fraction of sp³-hybridized carbons (Fsp3) is 0.733. The monoisotopic (exact) mass is 486 g/mol. The minimum atomic E-state index is -0.609. The van der Waals surface area contributed by atoms with E-state index in [1.54, 1.807) is 0 Å². The summed E-state index contributed by atoms with van der Waals surface area (Å²) in [5.74, 6) is 2.50. The van der Waals surface area contributed by atoms with E-state index in [9.17, 15) is 9.59 Å². The van der Waals surface area contributed by atoms with Crippen LogP contribution < -0.4 is 4.74 Å². The Kier molecular flexibility index (Phi) is 11.4. The molecule has 3 atom stereocenters. The number of hydrogen-bond acceptors (Lipinski definition) is 4. The van der Waals surface area contributed by atoms with E-state index in [4.69, 9.17) is 14.6 Å². The molecule has 2 saturated carbocycles. The number of carboxylic acids is 1. The molecule has 1 aromatic rings. The Labute approximate surface area is 212 Å². The molecule has 35 heavy (non-hydrogen) atoms. The van der Waals surface area contributed by atoms with Crippen LogP contribution in [0.1, 0.15) is 102 Å². The Morgan fingerprint density at radius 3 is 2.40 bits per heavy atom. The minimum Gasteiger partial charge on any atom is -0.482 e. The first-order chi connectivity index (χ1) is 17.0. The smallest absolute Gasteiger partial charge is 0.343 e. The Morgan fingerprint density at radius 1 is 0.971 bits per heavy atom. The lowest BCUT2D eigenvalue weighted by molar-refractivity contribution is -0.143. The van der Waals surface area contributed by atoms with Crippen LogP contribution in [-0.2, 0) is 27.2 Å². The second-order valence-electron chi connectivity index (χ2n) is 10.8. The Balaban J connectivity index is 0.000000363. The number of esters is 1. The van der Waals surface area contributed by atoms with Crippen LogP contribution in [0.5, 0.6) is 5.75 Å². The molecule has 4 rings (SSSR count). The fourth-order valence-electron chi connectivity index (χ4n) is 6.43. The molecule has 0 saturated heterocycles.